The Morgan fingerprint density at radius 3 is 2.47 bits per heavy atom. The van der Waals surface area contributed by atoms with Gasteiger partial charge < -0.3 is 16.0 Å². The molecule has 0 saturated heterocycles. The van der Waals surface area contributed by atoms with E-state index in [1.54, 1.807) is 4.90 Å². The van der Waals surface area contributed by atoms with E-state index < -0.39 is 0 Å². The van der Waals surface area contributed by atoms with E-state index in [4.69, 9.17) is 5.73 Å². The van der Waals surface area contributed by atoms with Gasteiger partial charge in [0.2, 0.25) is 0 Å². The number of carbonyl (C=O) groups is 1. The first-order chi connectivity index (χ1) is 8.90. The van der Waals surface area contributed by atoms with Gasteiger partial charge in [-0.1, -0.05) is 25.2 Å². The van der Waals surface area contributed by atoms with Gasteiger partial charge in [0, 0.05) is 19.1 Å². The molecule has 0 aromatic carbocycles. The van der Waals surface area contributed by atoms with Crippen LogP contribution in [0.4, 0.5) is 10.9 Å². The van der Waals surface area contributed by atoms with Gasteiger partial charge >= 0.3 is 0 Å². The molecule has 1 rings (SSSR count). The van der Waals surface area contributed by atoms with Crippen LogP contribution in [0.1, 0.15) is 50.2 Å². The average Bonchev–Trinajstić information content (AvgIpc) is 2.69. The quantitative estimate of drug-likeness (QED) is 0.842. The van der Waals surface area contributed by atoms with Crippen molar-refractivity contribution in [3.05, 3.63) is 4.88 Å². The van der Waals surface area contributed by atoms with Crippen LogP contribution in [-0.4, -0.2) is 34.9 Å². The van der Waals surface area contributed by atoms with E-state index in [0.29, 0.717) is 15.8 Å². The Morgan fingerprint density at radius 2 is 2.00 bits per heavy atom. The highest BCUT2D eigenvalue weighted by Crippen LogP contribution is 2.27. The van der Waals surface area contributed by atoms with E-state index in [9.17, 15) is 4.79 Å². The van der Waals surface area contributed by atoms with Crippen molar-refractivity contribution in [3.63, 3.8) is 0 Å². The minimum atomic E-state index is -0.0412. The number of rotatable bonds is 6. The fourth-order valence-corrected chi connectivity index (χ4v) is 2.97. The molecule has 0 aliphatic carbocycles. The standard InChI is InChI=1S/C13H24N4OS/c1-6-9(7-2)17(5)12(18)10-11(14)16-13(19-10)15-8(3)4/h8-9H,6-7,14H2,1-5H3,(H,15,16). The maximum atomic E-state index is 12.4. The molecule has 1 aromatic rings. The molecule has 0 atom stereocenters. The predicted molar refractivity (Wildman–Crippen MR) is 81.7 cm³/mol. The lowest BCUT2D eigenvalue weighted by Crippen LogP contribution is -2.36. The third kappa shape index (κ3) is 3.83. The molecular formula is C13H24N4OS. The van der Waals surface area contributed by atoms with Crippen LogP contribution in [-0.2, 0) is 0 Å². The Kier molecular flexibility index (Phi) is 5.60. The first kappa shape index (κ1) is 15.8. The number of nitrogen functional groups attached to an aromatic ring is 1. The summed E-state index contributed by atoms with van der Waals surface area (Å²) >= 11 is 1.32. The normalized spacial score (nSPS) is 11.1. The SMILES string of the molecule is CCC(CC)N(C)C(=O)c1sc(NC(C)C)nc1N. The van der Waals surface area contributed by atoms with E-state index >= 15 is 0 Å². The van der Waals surface area contributed by atoms with Gasteiger partial charge in [0.1, 0.15) is 10.7 Å². The van der Waals surface area contributed by atoms with Crippen LogP contribution in [0.5, 0.6) is 0 Å². The summed E-state index contributed by atoms with van der Waals surface area (Å²) in [6.45, 7) is 8.21. The molecule has 19 heavy (non-hydrogen) atoms. The molecule has 0 spiro atoms. The van der Waals surface area contributed by atoms with Crippen LogP contribution in [0.15, 0.2) is 0 Å². The molecule has 0 fully saturated rings. The van der Waals surface area contributed by atoms with Gasteiger partial charge in [-0.15, -0.1) is 0 Å². The topological polar surface area (TPSA) is 71.2 Å². The van der Waals surface area contributed by atoms with Crippen molar-refractivity contribution in [3.8, 4) is 0 Å². The lowest BCUT2D eigenvalue weighted by Gasteiger charge is -2.25. The fourth-order valence-electron chi connectivity index (χ4n) is 1.96. The second kappa shape index (κ2) is 6.75. The average molecular weight is 284 g/mol. The number of carbonyl (C=O) groups excluding carboxylic acids is 1. The number of hydrogen-bond acceptors (Lipinski definition) is 5. The Bertz CT molecular complexity index is 426. The van der Waals surface area contributed by atoms with E-state index in [-0.39, 0.29) is 18.0 Å². The minimum Gasteiger partial charge on any atom is -0.382 e. The maximum Gasteiger partial charge on any atom is 0.267 e. The van der Waals surface area contributed by atoms with Crippen molar-refractivity contribution >= 4 is 28.2 Å². The van der Waals surface area contributed by atoms with Gasteiger partial charge in [0.25, 0.3) is 5.91 Å². The Hall–Kier alpha value is -1.30. The number of aromatic nitrogens is 1. The maximum absolute atomic E-state index is 12.4. The first-order valence-corrected chi connectivity index (χ1v) is 7.52. The number of thiazole rings is 1. The van der Waals surface area contributed by atoms with E-state index in [1.165, 1.54) is 11.3 Å². The summed E-state index contributed by atoms with van der Waals surface area (Å²) in [5.41, 5.74) is 5.85. The van der Waals surface area contributed by atoms with Crippen molar-refractivity contribution in [2.45, 2.75) is 52.6 Å². The number of nitrogens with two attached hydrogens (primary N) is 1. The highest BCUT2D eigenvalue weighted by molar-refractivity contribution is 7.18. The highest BCUT2D eigenvalue weighted by atomic mass is 32.1. The summed E-state index contributed by atoms with van der Waals surface area (Å²) in [6.07, 6.45) is 1.88. The molecule has 0 aliphatic rings. The van der Waals surface area contributed by atoms with E-state index in [1.807, 2.05) is 20.9 Å². The van der Waals surface area contributed by atoms with Crippen molar-refractivity contribution in [1.82, 2.24) is 9.88 Å². The molecule has 0 saturated carbocycles. The zero-order chi connectivity index (χ0) is 14.6. The summed E-state index contributed by atoms with van der Waals surface area (Å²) in [7, 11) is 1.83. The summed E-state index contributed by atoms with van der Waals surface area (Å²) in [5.74, 6) is 0.275. The van der Waals surface area contributed by atoms with Gasteiger partial charge in [0.05, 0.1) is 0 Å². The predicted octanol–water partition coefficient (Wildman–Crippen LogP) is 2.81. The molecule has 1 amide bonds. The number of nitrogens with zero attached hydrogens (tertiary/aromatic N) is 2. The largest absolute Gasteiger partial charge is 0.382 e. The molecule has 1 heterocycles. The zero-order valence-electron chi connectivity index (χ0n) is 12.4. The Morgan fingerprint density at radius 1 is 1.42 bits per heavy atom. The zero-order valence-corrected chi connectivity index (χ0v) is 13.2. The van der Waals surface area contributed by atoms with Gasteiger partial charge in [0.15, 0.2) is 5.13 Å². The van der Waals surface area contributed by atoms with Crippen molar-refractivity contribution in [2.24, 2.45) is 0 Å². The van der Waals surface area contributed by atoms with Crippen LogP contribution < -0.4 is 11.1 Å². The molecule has 0 unspecified atom stereocenters. The molecule has 3 N–H and O–H groups in total. The van der Waals surface area contributed by atoms with Gasteiger partial charge in [-0.25, -0.2) is 4.98 Å². The monoisotopic (exact) mass is 284 g/mol. The molecule has 0 aliphatic heterocycles. The third-order valence-electron chi connectivity index (χ3n) is 3.07. The number of amides is 1. The minimum absolute atomic E-state index is 0.0412. The van der Waals surface area contributed by atoms with Crippen molar-refractivity contribution in [2.75, 3.05) is 18.1 Å². The van der Waals surface area contributed by atoms with Crippen LogP contribution in [0, 0.1) is 0 Å². The molecule has 5 nitrogen and oxygen atoms in total. The lowest BCUT2D eigenvalue weighted by atomic mass is 10.1. The number of hydrogen-bond donors (Lipinski definition) is 2. The van der Waals surface area contributed by atoms with Crippen LogP contribution >= 0.6 is 11.3 Å². The van der Waals surface area contributed by atoms with E-state index in [0.717, 1.165) is 12.8 Å². The van der Waals surface area contributed by atoms with E-state index in [2.05, 4.69) is 24.1 Å². The molecule has 1 aromatic heterocycles. The van der Waals surface area contributed by atoms with Crippen LogP contribution in [0.3, 0.4) is 0 Å². The summed E-state index contributed by atoms with van der Waals surface area (Å²) in [5, 5.41) is 3.88. The Labute approximate surface area is 119 Å². The molecular weight excluding hydrogens is 260 g/mol. The van der Waals surface area contributed by atoms with Crippen molar-refractivity contribution in [1.29, 1.82) is 0 Å². The number of anilines is 2. The van der Waals surface area contributed by atoms with Gasteiger partial charge in [-0.2, -0.15) is 0 Å². The summed E-state index contributed by atoms with van der Waals surface area (Å²) in [6, 6.07) is 0.515. The first-order valence-electron chi connectivity index (χ1n) is 6.70. The highest BCUT2D eigenvalue weighted by Gasteiger charge is 2.23. The molecule has 0 bridgehead atoms. The molecule has 6 heteroatoms. The fraction of sp³-hybridized carbons (Fsp3) is 0.692. The van der Waals surface area contributed by atoms with Gasteiger partial charge in [-0.05, 0) is 26.7 Å². The summed E-state index contributed by atoms with van der Waals surface area (Å²) in [4.78, 5) is 18.9. The molecule has 0 radical (unpaired) electrons. The van der Waals surface area contributed by atoms with Gasteiger partial charge in [-0.3, -0.25) is 4.79 Å². The summed E-state index contributed by atoms with van der Waals surface area (Å²) < 4.78 is 0. The van der Waals surface area contributed by atoms with Crippen molar-refractivity contribution < 1.29 is 4.79 Å². The Balaban J connectivity index is 2.90. The second-order valence-corrected chi connectivity index (χ2v) is 5.92. The van der Waals surface area contributed by atoms with Crippen LogP contribution in [0.25, 0.3) is 0 Å². The second-order valence-electron chi connectivity index (χ2n) is 4.92. The third-order valence-corrected chi connectivity index (χ3v) is 4.06. The smallest absolute Gasteiger partial charge is 0.267 e. The van der Waals surface area contributed by atoms with Crippen LogP contribution in [0.2, 0.25) is 0 Å². The molecule has 108 valence electrons. The lowest BCUT2D eigenvalue weighted by molar-refractivity contribution is 0.0729. The number of nitrogens with one attached hydrogen (secondary N) is 1.